The summed E-state index contributed by atoms with van der Waals surface area (Å²) in [6.07, 6.45) is 1.74. The van der Waals surface area contributed by atoms with Crippen LogP contribution in [0.3, 0.4) is 0 Å². The summed E-state index contributed by atoms with van der Waals surface area (Å²) in [6, 6.07) is 0. The molecule has 0 bridgehead atoms. The van der Waals surface area contributed by atoms with Crippen LogP contribution in [0.25, 0.3) is 0 Å². The fourth-order valence-corrected chi connectivity index (χ4v) is 0.323. The molecule has 6 heteroatoms. The Morgan fingerprint density at radius 2 is 2.22 bits per heavy atom. The lowest BCUT2D eigenvalue weighted by Gasteiger charge is -1.75. The van der Waals surface area contributed by atoms with Crippen molar-refractivity contribution in [3.8, 4) is 0 Å². The first-order valence-corrected chi connectivity index (χ1v) is 3.46. The average molecular weight is 151 g/mol. The van der Waals surface area contributed by atoms with Crippen LogP contribution in [0.15, 0.2) is 4.99 Å². The number of nitrogens with zero attached hydrogens (tertiary/aromatic N) is 1. The van der Waals surface area contributed by atoms with Gasteiger partial charge in [-0.3, -0.25) is 4.99 Å². The molecule has 3 N–H and O–H groups in total. The second-order valence-corrected chi connectivity index (χ2v) is 1.75. The van der Waals surface area contributed by atoms with Gasteiger partial charge in [0, 0.05) is 11.1 Å². The monoisotopic (exact) mass is 151 g/mol. The van der Waals surface area contributed by atoms with Gasteiger partial charge >= 0.3 is 8.25 Å². The van der Waals surface area contributed by atoms with Crippen LogP contribution in [-0.2, 0) is 4.57 Å². The van der Waals surface area contributed by atoms with Crippen molar-refractivity contribution in [2.24, 2.45) is 4.99 Å². The first-order valence-electron chi connectivity index (χ1n) is 2.30. The van der Waals surface area contributed by atoms with E-state index in [0.717, 1.165) is 13.1 Å². The van der Waals surface area contributed by atoms with Crippen LogP contribution in [0.2, 0.25) is 0 Å². The fraction of sp³-hybridized carbons (Fsp3) is 0.667. The third kappa shape index (κ3) is 11.2. The summed E-state index contributed by atoms with van der Waals surface area (Å²) >= 11 is 0. The molecule has 0 amide bonds. The van der Waals surface area contributed by atoms with E-state index in [4.69, 9.17) is 14.4 Å². The SMILES string of the molecule is C1=NCCN1.O=[P+](O)O. The molecule has 0 saturated heterocycles. The van der Waals surface area contributed by atoms with E-state index in [0.29, 0.717) is 0 Å². The highest BCUT2D eigenvalue weighted by Gasteiger charge is 1.93. The average Bonchev–Trinajstić information content (AvgIpc) is 2.11. The van der Waals surface area contributed by atoms with Crippen LogP contribution in [0.4, 0.5) is 0 Å². The van der Waals surface area contributed by atoms with Crippen molar-refractivity contribution in [2.75, 3.05) is 13.1 Å². The van der Waals surface area contributed by atoms with Crippen molar-refractivity contribution in [3.05, 3.63) is 0 Å². The van der Waals surface area contributed by atoms with Crippen LogP contribution in [0.1, 0.15) is 0 Å². The molecule has 0 fully saturated rings. The zero-order valence-electron chi connectivity index (χ0n) is 4.69. The summed E-state index contributed by atoms with van der Waals surface area (Å²) in [7, 11) is -2.87. The fourth-order valence-electron chi connectivity index (χ4n) is 0.323. The first-order chi connectivity index (χ1) is 4.23. The predicted molar refractivity (Wildman–Crippen MR) is 33.4 cm³/mol. The molecule has 0 aromatic rings. The maximum absolute atomic E-state index is 8.70. The molecule has 1 aliphatic heterocycles. The van der Waals surface area contributed by atoms with Gasteiger partial charge in [0.15, 0.2) is 0 Å². The Balaban J connectivity index is 0.000000148. The summed E-state index contributed by atoms with van der Waals surface area (Å²) in [4.78, 5) is 18.1. The molecule has 0 aromatic heterocycles. The smallest absolute Gasteiger partial charge is 0.375 e. The largest absolute Gasteiger partial charge is 0.692 e. The van der Waals surface area contributed by atoms with Crippen LogP contribution in [0.5, 0.6) is 0 Å². The van der Waals surface area contributed by atoms with E-state index in [-0.39, 0.29) is 0 Å². The molecule has 0 aromatic carbocycles. The molecule has 52 valence electrons. The topological polar surface area (TPSA) is 81.9 Å². The molecule has 0 spiro atoms. The molecule has 1 heterocycles. The van der Waals surface area contributed by atoms with Gasteiger partial charge in [-0.15, -0.1) is 9.79 Å². The van der Waals surface area contributed by atoms with Crippen molar-refractivity contribution in [3.63, 3.8) is 0 Å². The summed E-state index contributed by atoms with van der Waals surface area (Å²) in [5.74, 6) is 0. The maximum Gasteiger partial charge on any atom is 0.692 e. The molecule has 0 radical (unpaired) electrons. The molecule has 5 nitrogen and oxygen atoms in total. The lowest BCUT2D eigenvalue weighted by Crippen LogP contribution is -2.04. The standard InChI is InChI=1S/C3H6N2.HO3P/c1-2-5-3-4-1;1-4(2)3/h3H,1-2H2,(H,4,5);(H-,1,2,3)/p+1. The maximum atomic E-state index is 8.70. The zero-order valence-corrected chi connectivity index (χ0v) is 5.58. The number of hydrogen-bond acceptors (Lipinski definition) is 3. The zero-order chi connectivity index (χ0) is 7.11. The van der Waals surface area contributed by atoms with E-state index < -0.39 is 8.25 Å². The van der Waals surface area contributed by atoms with Gasteiger partial charge in [-0.25, -0.2) is 0 Å². The second kappa shape index (κ2) is 5.62. The lowest BCUT2D eigenvalue weighted by molar-refractivity contribution is 0.405. The molecule has 0 atom stereocenters. The van der Waals surface area contributed by atoms with E-state index in [9.17, 15) is 0 Å². The van der Waals surface area contributed by atoms with Crippen molar-refractivity contribution < 1.29 is 14.4 Å². The molecule has 9 heavy (non-hydrogen) atoms. The Bertz CT molecular complexity index is 106. The normalized spacial score (nSPS) is 13.6. The summed E-state index contributed by atoms with van der Waals surface area (Å²) in [5, 5.41) is 2.93. The number of nitrogens with one attached hydrogen (secondary N) is 1. The Labute approximate surface area is 53.4 Å². The Kier molecular flexibility index (Phi) is 5.30. The quantitative estimate of drug-likeness (QED) is 0.398. The van der Waals surface area contributed by atoms with Crippen molar-refractivity contribution in [1.29, 1.82) is 0 Å². The van der Waals surface area contributed by atoms with Crippen LogP contribution in [0, 0.1) is 0 Å². The molecule has 0 aliphatic carbocycles. The third-order valence-corrected chi connectivity index (χ3v) is 0.568. The van der Waals surface area contributed by atoms with Gasteiger partial charge in [0.1, 0.15) is 0 Å². The molecule has 1 aliphatic rings. The van der Waals surface area contributed by atoms with Crippen LogP contribution >= 0.6 is 8.25 Å². The van der Waals surface area contributed by atoms with Crippen molar-refractivity contribution in [2.45, 2.75) is 0 Å². The number of aliphatic imine (C=N–C) groups is 1. The van der Waals surface area contributed by atoms with Gasteiger partial charge in [0.25, 0.3) is 0 Å². The lowest BCUT2D eigenvalue weighted by atomic mass is 10.7. The Hall–Kier alpha value is -0.510. The van der Waals surface area contributed by atoms with Gasteiger partial charge in [0.2, 0.25) is 0 Å². The highest BCUT2D eigenvalue weighted by molar-refractivity contribution is 7.30. The van der Waals surface area contributed by atoms with Gasteiger partial charge in [-0.2, -0.15) is 0 Å². The van der Waals surface area contributed by atoms with E-state index in [2.05, 4.69) is 10.3 Å². The Morgan fingerprint density at radius 3 is 2.33 bits per heavy atom. The molecule has 0 unspecified atom stereocenters. The highest BCUT2D eigenvalue weighted by atomic mass is 31.1. The number of hydrogen-bond donors (Lipinski definition) is 3. The van der Waals surface area contributed by atoms with E-state index in [1.165, 1.54) is 0 Å². The predicted octanol–water partition coefficient (Wildman–Crippen LogP) is -0.754. The minimum Gasteiger partial charge on any atom is -0.375 e. The van der Waals surface area contributed by atoms with Gasteiger partial charge in [-0.1, -0.05) is 0 Å². The van der Waals surface area contributed by atoms with Crippen LogP contribution < -0.4 is 5.32 Å². The number of rotatable bonds is 0. The molecule has 0 saturated carbocycles. The second-order valence-electron chi connectivity index (χ2n) is 1.24. The highest BCUT2D eigenvalue weighted by Crippen LogP contribution is 1.98. The first kappa shape index (κ1) is 8.49. The van der Waals surface area contributed by atoms with Crippen molar-refractivity contribution >= 4 is 14.6 Å². The van der Waals surface area contributed by atoms with E-state index in [1.807, 2.05) is 0 Å². The van der Waals surface area contributed by atoms with Crippen LogP contribution in [-0.4, -0.2) is 29.2 Å². The van der Waals surface area contributed by atoms with Crippen molar-refractivity contribution in [1.82, 2.24) is 5.32 Å². The molecular weight excluding hydrogens is 143 g/mol. The third-order valence-electron chi connectivity index (χ3n) is 0.568. The van der Waals surface area contributed by atoms with Gasteiger partial charge in [-0.05, 0) is 0 Å². The minimum atomic E-state index is -2.87. The summed E-state index contributed by atoms with van der Waals surface area (Å²) in [5.41, 5.74) is 0. The summed E-state index contributed by atoms with van der Waals surface area (Å²) < 4.78 is 8.70. The summed E-state index contributed by atoms with van der Waals surface area (Å²) in [6.45, 7) is 1.99. The van der Waals surface area contributed by atoms with E-state index in [1.54, 1.807) is 6.34 Å². The Morgan fingerprint density at radius 1 is 1.67 bits per heavy atom. The van der Waals surface area contributed by atoms with E-state index >= 15 is 0 Å². The van der Waals surface area contributed by atoms with Gasteiger partial charge < -0.3 is 5.32 Å². The molecular formula is C3H8N2O3P+. The molecule has 1 rings (SSSR count). The minimum absolute atomic E-state index is 0.958. The van der Waals surface area contributed by atoms with Gasteiger partial charge in [0.05, 0.1) is 12.9 Å².